The Morgan fingerprint density at radius 3 is 2.36 bits per heavy atom. The number of ether oxygens (including phenoxy) is 2. The van der Waals surface area contributed by atoms with Crippen LogP contribution in [0, 0.1) is 0 Å². The third-order valence-corrected chi connectivity index (χ3v) is 4.62. The van der Waals surface area contributed by atoms with Crippen LogP contribution in [0.3, 0.4) is 0 Å². The topological polar surface area (TPSA) is 67.9 Å². The Balaban J connectivity index is 1.62. The first-order chi connectivity index (χ1) is 13.2. The monoisotopic (exact) mass is 382 g/mol. The highest BCUT2D eigenvalue weighted by atomic mass is 16.7. The predicted octanol–water partition coefficient (Wildman–Crippen LogP) is 3.70. The van der Waals surface area contributed by atoms with Gasteiger partial charge in [-0.1, -0.05) is 39.0 Å². The fourth-order valence-corrected chi connectivity index (χ4v) is 2.97. The van der Waals surface area contributed by atoms with Gasteiger partial charge in [0.05, 0.1) is 0 Å². The molecule has 0 saturated carbocycles. The van der Waals surface area contributed by atoms with Gasteiger partial charge in [-0.05, 0) is 40.8 Å². The third-order valence-electron chi connectivity index (χ3n) is 4.62. The van der Waals surface area contributed by atoms with Crippen LogP contribution in [0.15, 0.2) is 42.5 Å². The largest absolute Gasteiger partial charge is 0.454 e. The molecule has 28 heavy (non-hydrogen) atoms. The first-order valence-electron chi connectivity index (χ1n) is 9.27. The van der Waals surface area contributed by atoms with Gasteiger partial charge in [0, 0.05) is 19.2 Å². The summed E-state index contributed by atoms with van der Waals surface area (Å²) in [4.78, 5) is 25.9. The maximum Gasteiger partial charge on any atom is 0.244 e. The summed E-state index contributed by atoms with van der Waals surface area (Å²) in [5.41, 5.74) is 2.84. The molecule has 6 heteroatoms. The number of benzene rings is 2. The highest BCUT2D eigenvalue weighted by Crippen LogP contribution is 2.32. The number of hydrogen-bond acceptors (Lipinski definition) is 4. The van der Waals surface area contributed by atoms with E-state index in [0.717, 1.165) is 5.56 Å². The molecular weight excluding hydrogens is 356 g/mol. The average molecular weight is 382 g/mol. The molecule has 1 N–H and O–H groups in total. The van der Waals surface area contributed by atoms with Crippen molar-refractivity contribution in [3.05, 3.63) is 53.6 Å². The molecule has 1 aliphatic heterocycles. The summed E-state index contributed by atoms with van der Waals surface area (Å²) in [6, 6.07) is 13.3. The van der Waals surface area contributed by atoms with E-state index in [1.807, 2.05) is 42.5 Å². The van der Waals surface area contributed by atoms with Gasteiger partial charge >= 0.3 is 0 Å². The van der Waals surface area contributed by atoms with E-state index in [0.29, 0.717) is 23.7 Å². The molecule has 0 saturated heterocycles. The zero-order valence-electron chi connectivity index (χ0n) is 16.7. The van der Waals surface area contributed by atoms with Gasteiger partial charge in [0.25, 0.3) is 0 Å². The Kier molecular flexibility index (Phi) is 5.58. The lowest BCUT2D eigenvalue weighted by atomic mass is 9.87. The minimum Gasteiger partial charge on any atom is -0.454 e. The Hall–Kier alpha value is -3.02. The average Bonchev–Trinajstić information content (AvgIpc) is 3.08. The maximum absolute atomic E-state index is 12.4. The van der Waals surface area contributed by atoms with Gasteiger partial charge in [0.1, 0.15) is 6.54 Å². The van der Waals surface area contributed by atoms with Crippen molar-refractivity contribution in [3.63, 3.8) is 0 Å². The van der Waals surface area contributed by atoms with Crippen molar-refractivity contribution < 1.29 is 19.1 Å². The van der Waals surface area contributed by atoms with Gasteiger partial charge in [-0.3, -0.25) is 9.59 Å². The number of hydrogen-bond donors (Lipinski definition) is 1. The first kappa shape index (κ1) is 19.7. The minimum absolute atomic E-state index is 0.0230. The summed E-state index contributed by atoms with van der Waals surface area (Å²) in [6.07, 6.45) is 0. The van der Waals surface area contributed by atoms with E-state index in [-0.39, 0.29) is 30.6 Å². The lowest BCUT2D eigenvalue weighted by Crippen LogP contribution is -2.36. The van der Waals surface area contributed by atoms with E-state index in [1.165, 1.54) is 17.4 Å². The van der Waals surface area contributed by atoms with Crippen LogP contribution >= 0.6 is 0 Å². The molecule has 0 aromatic heterocycles. The van der Waals surface area contributed by atoms with Gasteiger partial charge in [0.2, 0.25) is 18.6 Å². The third kappa shape index (κ3) is 4.82. The second kappa shape index (κ2) is 7.92. The van der Waals surface area contributed by atoms with E-state index < -0.39 is 0 Å². The van der Waals surface area contributed by atoms with Crippen LogP contribution in [-0.2, 0) is 21.5 Å². The Morgan fingerprint density at radius 2 is 1.71 bits per heavy atom. The molecule has 2 aromatic rings. The fraction of sp³-hybridized carbons (Fsp3) is 0.364. The molecule has 1 aliphatic rings. The molecule has 0 fully saturated rings. The van der Waals surface area contributed by atoms with E-state index in [1.54, 1.807) is 0 Å². The van der Waals surface area contributed by atoms with E-state index in [2.05, 4.69) is 26.1 Å². The Labute approximate surface area is 165 Å². The summed E-state index contributed by atoms with van der Waals surface area (Å²) < 4.78 is 10.7. The van der Waals surface area contributed by atoms with Gasteiger partial charge in [-0.25, -0.2) is 0 Å². The lowest BCUT2D eigenvalue weighted by Gasteiger charge is -2.21. The number of rotatable bonds is 5. The van der Waals surface area contributed by atoms with E-state index in [9.17, 15) is 9.59 Å². The molecule has 6 nitrogen and oxygen atoms in total. The van der Waals surface area contributed by atoms with Crippen LogP contribution in [0.1, 0.15) is 38.8 Å². The molecule has 0 unspecified atom stereocenters. The first-order valence-corrected chi connectivity index (χ1v) is 9.27. The zero-order valence-corrected chi connectivity index (χ0v) is 16.7. The number of nitrogens with zero attached hydrogens (tertiary/aromatic N) is 1. The highest BCUT2D eigenvalue weighted by Gasteiger charge is 2.18. The SMILES string of the molecule is CC(=O)N(CC(=O)Nc1ccc(C(C)(C)C)cc1)Cc1ccc2c(c1)OCO2. The summed E-state index contributed by atoms with van der Waals surface area (Å²) >= 11 is 0. The van der Waals surface area contributed by atoms with Gasteiger partial charge in [-0.2, -0.15) is 0 Å². The summed E-state index contributed by atoms with van der Waals surface area (Å²) in [6.45, 7) is 8.38. The predicted molar refractivity (Wildman–Crippen MR) is 107 cm³/mol. The van der Waals surface area contributed by atoms with Crippen molar-refractivity contribution in [1.29, 1.82) is 0 Å². The van der Waals surface area contributed by atoms with E-state index in [4.69, 9.17) is 9.47 Å². The molecule has 0 spiro atoms. The van der Waals surface area contributed by atoms with Gasteiger partial charge < -0.3 is 19.7 Å². The number of anilines is 1. The maximum atomic E-state index is 12.4. The fourth-order valence-electron chi connectivity index (χ4n) is 2.97. The Bertz CT molecular complexity index is 869. The molecule has 1 heterocycles. The van der Waals surface area contributed by atoms with Crippen LogP contribution in [-0.4, -0.2) is 30.1 Å². The van der Waals surface area contributed by atoms with Crippen LogP contribution in [0.25, 0.3) is 0 Å². The molecule has 0 aliphatic carbocycles. The van der Waals surface area contributed by atoms with Gasteiger partial charge in [-0.15, -0.1) is 0 Å². The molecule has 0 radical (unpaired) electrons. The van der Waals surface area contributed by atoms with Crippen molar-refractivity contribution >= 4 is 17.5 Å². The molecule has 0 atom stereocenters. The zero-order chi connectivity index (χ0) is 20.3. The molecule has 2 amide bonds. The molecular formula is C22H26N2O4. The van der Waals surface area contributed by atoms with Crippen molar-refractivity contribution in [2.45, 2.75) is 39.7 Å². The van der Waals surface area contributed by atoms with E-state index >= 15 is 0 Å². The van der Waals surface area contributed by atoms with Crippen LogP contribution in [0.5, 0.6) is 11.5 Å². The van der Waals surface area contributed by atoms with Crippen molar-refractivity contribution in [2.75, 3.05) is 18.7 Å². The smallest absolute Gasteiger partial charge is 0.244 e. The Morgan fingerprint density at radius 1 is 1.04 bits per heavy atom. The number of amides is 2. The summed E-state index contributed by atoms with van der Waals surface area (Å²) in [5, 5.41) is 2.86. The molecule has 2 aromatic carbocycles. The second-order valence-corrected chi connectivity index (χ2v) is 7.94. The summed E-state index contributed by atoms with van der Waals surface area (Å²) in [5.74, 6) is 0.939. The van der Waals surface area contributed by atoms with Crippen LogP contribution in [0.2, 0.25) is 0 Å². The molecule has 148 valence electrons. The second-order valence-electron chi connectivity index (χ2n) is 7.94. The van der Waals surface area contributed by atoms with Crippen molar-refractivity contribution in [1.82, 2.24) is 4.90 Å². The number of nitrogens with one attached hydrogen (secondary N) is 1. The lowest BCUT2D eigenvalue weighted by molar-refractivity contribution is -0.133. The number of carbonyl (C=O) groups excluding carboxylic acids is 2. The summed E-state index contributed by atoms with van der Waals surface area (Å²) in [7, 11) is 0. The number of carbonyl (C=O) groups is 2. The highest BCUT2D eigenvalue weighted by molar-refractivity contribution is 5.94. The standard InChI is InChI=1S/C22H26N2O4/c1-15(25)24(12-16-5-10-19-20(11-16)28-14-27-19)13-21(26)23-18-8-6-17(7-9-18)22(2,3)4/h5-11H,12-14H2,1-4H3,(H,23,26). The quantitative estimate of drug-likeness (QED) is 0.856. The van der Waals surface area contributed by atoms with Crippen molar-refractivity contribution in [2.24, 2.45) is 0 Å². The van der Waals surface area contributed by atoms with Crippen LogP contribution < -0.4 is 14.8 Å². The van der Waals surface area contributed by atoms with Crippen molar-refractivity contribution in [3.8, 4) is 11.5 Å². The molecule has 3 rings (SSSR count). The normalized spacial score (nSPS) is 12.6. The van der Waals surface area contributed by atoms with Crippen LogP contribution in [0.4, 0.5) is 5.69 Å². The van der Waals surface area contributed by atoms with Gasteiger partial charge in [0.15, 0.2) is 11.5 Å². The number of fused-ring (bicyclic) bond motifs is 1. The molecule has 0 bridgehead atoms. The minimum atomic E-state index is -0.237.